The molecule has 21 heavy (non-hydrogen) atoms. The van der Waals surface area contributed by atoms with Gasteiger partial charge in [-0.2, -0.15) is 0 Å². The first-order valence-corrected chi connectivity index (χ1v) is 7.99. The second kappa shape index (κ2) is 7.66. The minimum absolute atomic E-state index is 0.0593. The van der Waals surface area contributed by atoms with Crippen LogP contribution in [-0.4, -0.2) is 31.6 Å². The molecule has 0 aromatic heterocycles. The number of carbonyl (C=O) groups is 1. The summed E-state index contributed by atoms with van der Waals surface area (Å²) in [6.07, 6.45) is 1.96. The summed E-state index contributed by atoms with van der Waals surface area (Å²) in [6.45, 7) is 7.39. The molecule has 116 valence electrons. The van der Waals surface area contributed by atoms with Gasteiger partial charge in [0.05, 0.1) is 0 Å². The Labute approximate surface area is 131 Å². The van der Waals surface area contributed by atoms with Crippen LogP contribution < -0.4 is 15.5 Å². The molecule has 1 fully saturated rings. The quantitative estimate of drug-likeness (QED) is 0.878. The summed E-state index contributed by atoms with van der Waals surface area (Å²) < 4.78 is 0. The lowest BCUT2D eigenvalue weighted by atomic mass is 10.0. The van der Waals surface area contributed by atoms with Crippen LogP contribution in [-0.2, 0) is 11.3 Å². The van der Waals surface area contributed by atoms with E-state index in [0.29, 0.717) is 6.04 Å². The number of anilines is 1. The Hall–Kier alpha value is -1.26. The van der Waals surface area contributed by atoms with E-state index in [9.17, 15) is 4.79 Å². The number of hydrogen-bond acceptors (Lipinski definition) is 3. The van der Waals surface area contributed by atoms with Crippen LogP contribution in [0.15, 0.2) is 18.2 Å². The van der Waals surface area contributed by atoms with Gasteiger partial charge in [-0.25, -0.2) is 0 Å². The minimum atomic E-state index is 0.0593. The van der Waals surface area contributed by atoms with Gasteiger partial charge in [-0.15, -0.1) is 0 Å². The molecule has 1 aliphatic rings. The fourth-order valence-electron chi connectivity index (χ4n) is 2.79. The van der Waals surface area contributed by atoms with Crippen molar-refractivity contribution in [3.63, 3.8) is 0 Å². The van der Waals surface area contributed by atoms with Crippen LogP contribution in [0.2, 0.25) is 5.02 Å². The van der Waals surface area contributed by atoms with Gasteiger partial charge in [-0.05, 0) is 37.1 Å². The number of nitrogens with zero attached hydrogens (tertiary/aromatic N) is 1. The Balaban J connectivity index is 2.04. The van der Waals surface area contributed by atoms with E-state index < -0.39 is 0 Å². The lowest BCUT2D eigenvalue weighted by Crippen LogP contribution is -2.44. The van der Waals surface area contributed by atoms with Crippen LogP contribution in [0, 0.1) is 0 Å². The van der Waals surface area contributed by atoms with E-state index in [4.69, 9.17) is 11.6 Å². The number of benzene rings is 1. The van der Waals surface area contributed by atoms with Crippen molar-refractivity contribution < 1.29 is 4.79 Å². The monoisotopic (exact) mass is 309 g/mol. The fraction of sp³-hybridized carbons (Fsp3) is 0.562. The van der Waals surface area contributed by atoms with Gasteiger partial charge in [-0.3, -0.25) is 4.79 Å². The summed E-state index contributed by atoms with van der Waals surface area (Å²) in [5.74, 6) is 0.0593. The number of carbonyl (C=O) groups excluding carboxylic acids is 1. The van der Waals surface area contributed by atoms with Gasteiger partial charge in [0.15, 0.2) is 0 Å². The van der Waals surface area contributed by atoms with Gasteiger partial charge in [0.2, 0.25) is 5.91 Å². The van der Waals surface area contributed by atoms with E-state index in [0.717, 1.165) is 44.0 Å². The molecule has 1 saturated heterocycles. The highest BCUT2D eigenvalue weighted by Crippen LogP contribution is 2.27. The first-order chi connectivity index (χ1) is 10.1. The van der Waals surface area contributed by atoms with Gasteiger partial charge in [0.1, 0.15) is 0 Å². The minimum Gasteiger partial charge on any atom is -0.371 e. The number of amides is 1. The molecule has 1 heterocycles. The molecule has 2 N–H and O–H groups in total. The average Bonchev–Trinajstić information content (AvgIpc) is 2.46. The van der Waals surface area contributed by atoms with Gasteiger partial charge in [0, 0.05) is 43.3 Å². The highest BCUT2D eigenvalue weighted by atomic mass is 35.5. The highest BCUT2D eigenvalue weighted by Gasteiger charge is 2.21. The lowest BCUT2D eigenvalue weighted by Gasteiger charge is -2.35. The standard InChI is InChI=1S/C16H24ClN3O/c1-3-18-11-13-4-5-14(17)10-16(13)20-8-6-15(7-9-20)19-12(2)21/h4-5,10,15,18H,3,6-9,11H2,1-2H3,(H,19,21). The molecule has 1 aromatic carbocycles. The molecular formula is C16H24ClN3O. The molecule has 0 unspecified atom stereocenters. The molecule has 0 spiro atoms. The zero-order valence-corrected chi connectivity index (χ0v) is 13.5. The molecule has 0 radical (unpaired) electrons. The maximum atomic E-state index is 11.1. The van der Waals surface area contributed by atoms with Crippen molar-refractivity contribution in [2.45, 2.75) is 39.3 Å². The third kappa shape index (κ3) is 4.61. The van der Waals surface area contributed by atoms with Gasteiger partial charge in [-0.1, -0.05) is 24.6 Å². The molecule has 0 atom stereocenters. The van der Waals surface area contributed by atoms with Gasteiger partial charge < -0.3 is 15.5 Å². The summed E-state index contributed by atoms with van der Waals surface area (Å²) in [4.78, 5) is 13.5. The third-order valence-electron chi connectivity index (χ3n) is 3.86. The number of halogens is 1. The number of piperidine rings is 1. The van der Waals surface area contributed by atoms with Crippen LogP contribution in [0.1, 0.15) is 32.3 Å². The van der Waals surface area contributed by atoms with Crippen molar-refractivity contribution >= 4 is 23.2 Å². The molecule has 1 aromatic rings. The van der Waals surface area contributed by atoms with E-state index in [1.54, 1.807) is 6.92 Å². The SMILES string of the molecule is CCNCc1ccc(Cl)cc1N1CCC(NC(C)=O)CC1. The molecular weight excluding hydrogens is 286 g/mol. The summed E-state index contributed by atoms with van der Waals surface area (Å²) in [7, 11) is 0. The Morgan fingerprint density at radius 3 is 2.71 bits per heavy atom. The average molecular weight is 310 g/mol. The van der Waals surface area contributed by atoms with Crippen molar-refractivity contribution in [2.24, 2.45) is 0 Å². The zero-order valence-electron chi connectivity index (χ0n) is 12.8. The van der Waals surface area contributed by atoms with Crippen LogP contribution in [0.3, 0.4) is 0 Å². The second-order valence-corrected chi connectivity index (χ2v) is 5.95. The van der Waals surface area contributed by atoms with E-state index in [1.165, 1.54) is 11.3 Å². The van der Waals surface area contributed by atoms with E-state index in [-0.39, 0.29) is 5.91 Å². The highest BCUT2D eigenvalue weighted by molar-refractivity contribution is 6.30. The lowest BCUT2D eigenvalue weighted by molar-refractivity contribution is -0.119. The van der Waals surface area contributed by atoms with Crippen LogP contribution in [0.5, 0.6) is 0 Å². The maximum absolute atomic E-state index is 11.1. The molecule has 1 aliphatic heterocycles. The molecule has 0 bridgehead atoms. The topological polar surface area (TPSA) is 44.4 Å². The smallest absolute Gasteiger partial charge is 0.217 e. The number of hydrogen-bond donors (Lipinski definition) is 2. The Morgan fingerprint density at radius 2 is 2.10 bits per heavy atom. The van der Waals surface area contributed by atoms with E-state index in [1.807, 2.05) is 12.1 Å². The molecule has 5 heteroatoms. The fourth-order valence-corrected chi connectivity index (χ4v) is 2.96. The predicted molar refractivity (Wildman–Crippen MR) is 87.9 cm³/mol. The van der Waals surface area contributed by atoms with Crippen molar-refractivity contribution in [2.75, 3.05) is 24.5 Å². The van der Waals surface area contributed by atoms with Crippen LogP contribution >= 0.6 is 11.6 Å². The Bertz CT molecular complexity index is 484. The zero-order chi connectivity index (χ0) is 15.2. The maximum Gasteiger partial charge on any atom is 0.217 e. The molecule has 2 rings (SSSR count). The first-order valence-electron chi connectivity index (χ1n) is 7.61. The summed E-state index contributed by atoms with van der Waals surface area (Å²) in [5, 5.41) is 7.15. The van der Waals surface area contributed by atoms with Crippen molar-refractivity contribution in [1.82, 2.24) is 10.6 Å². The third-order valence-corrected chi connectivity index (χ3v) is 4.09. The normalized spacial score (nSPS) is 16.0. The molecule has 4 nitrogen and oxygen atoms in total. The summed E-state index contributed by atoms with van der Waals surface area (Å²) >= 11 is 6.16. The van der Waals surface area contributed by atoms with Crippen molar-refractivity contribution in [1.29, 1.82) is 0 Å². The van der Waals surface area contributed by atoms with Crippen molar-refractivity contribution in [3.8, 4) is 0 Å². The Morgan fingerprint density at radius 1 is 1.38 bits per heavy atom. The van der Waals surface area contributed by atoms with Crippen LogP contribution in [0.4, 0.5) is 5.69 Å². The second-order valence-electron chi connectivity index (χ2n) is 5.52. The van der Waals surface area contributed by atoms with Gasteiger partial charge >= 0.3 is 0 Å². The largest absolute Gasteiger partial charge is 0.371 e. The van der Waals surface area contributed by atoms with Crippen LogP contribution in [0.25, 0.3) is 0 Å². The summed E-state index contributed by atoms with van der Waals surface area (Å²) in [6, 6.07) is 6.39. The molecule has 0 aliphatic carbocycles. The van der Waals surface area contributed by atoms with E-state index >= 15 is 0 Å². The van der Waals surface area contributed by atoms with E-state index in [2.05, 4.69) is 28.5 Å². The predicted octanol–water partition coefficient (Wildman–Crippen LogP) is 2.55. The number of nitrogens with one attached hydrogen (secondary N) is 2. The molecule has 0 saturated carbocycles. The summed E-state index contributed by atoms with van der Waals surface area (Å²) in [5.41, 5.74) is 2.49. The van der Waals surface area contributed by atoms with Crippen molar-refractivity contribution in [3.05, 3.63) is 28.8 Å². The number of rotatable bonds is 5. The van der Waals surface area contributed by atoms with Gasteiger partial charge in [0.25, 0.3) is 0 Å². The molecule has 1 amide bonds. The first kappa shape index (κ1) is 16.1. The Kier molecular flexibility index (Phi) is 5.88.